The fraction of sp³-hybridized carbons (Fsp3) is 0.167. The van der Waals surface area contributed by atoms with Crippen LogP contribution in [-0.2, 0) is 0 Å². The highest BCUT2D eigenvalue weighted by Crippen LogP contribution is 2.34. The van der Waals surface area contributed by atoms with E-state index in [-0.39, 0.29) is 11.6 Å². The fourth-order valence-electron chi connectivity index (χ4n) is 3.02. The molecule has 0 fully saturated rings. The third-order valence-corrected chi connectivity index (χ3v) is 4.10. The summed E-state index contributed by atoms with van der Waals surface area (Å²) >= 11 is 0. The van der Waals surface area contributed by atoms with Gasteiger partial charge in [0.05, 0.1) is 11.2 Å². The largest absolute Gasteiger partial charge is 0.478 e. The van der Waals surface area contributed by atoms with Gasteiger partial charge < -0.3 is 9.67 Å². The summed E-state index contributed by atoms with van der Waals surface area (Å²) in [5.41, 5.74) is 2.99. The van der Waals surface area contributed by atoms with E-state index in [1.807, 2.05) is 48.7 Å². The van der Waals surface area contributed by atoms with Crippen molar-refractivity contribution in [2.45, 2.75) is 19.9 Å². The van der Waals surface area contributed by atoms with Crippen LogP contribution in [0.3, 0.4) is 0 Å². The molecule has 26 heavy (non-hydrogen) atoms. The minimum atomic E-state index is -1.06. The Morgan fingerprint density at radius 2 is 1.96 bits per heavy atom. The average molecular weight is 349 g/mol. The summed E-state index contributed by atoms with van der Waals surface area (Å²) in [6, 6.07) is 9.47. The van der Waals surface area contributed by atoms with Gasteiger partial charge in [0.2, 0.25) is 0 Å². The van der Waals surface area contributed by atoms with Crippen molar-refractivity contribution in [3.63, 3.8) is 0 Å². The number of carbonyl (C=O) groups is 1. The van der Waals surface area contributed by atoms with Crippen LogP contribution < -0.4 is 0 Å². The molecule has 4 aromatic rings. The van der Waals surface area contributed by atoms with Crippen molar-refractivity contribution in [3.05, 3.63) is 48.3 Å². The summed E-state index contributed by atoms with van der Waals surface area (Å²) < 4.78 is 6.53. The summed E-state index contributed by atoms with van der Waals surface area (Å²) in [5, 5.41) is 17.2. The second-order valence-electron chi connectivity index (χ2n) is 6.08. The molecule has 4 rings (SSSR count). The number of hydrogen-bond donors (Lipinski definition) is 1. The van der Waals surface area contributed by atoms with E-state index in [0.717, 1.165) is 5.56 Å². The molecule has 3 heterocycles. The van der Waals surface area contributed by atoms with Crippen LogP contribution in [0.5, 0.6) is 0 Å². The average Bonchev–Trinajstić information content (AvgIpc) is 3.28. The molecular weight excluding hydrogens is 334 g/mol. The van der Waals surface area contributed by atoms with Crippen molar-refractivity contribution < 1.29 is 14.5 Å². The maximum Gasteiger partial charge on any atom is 0.339 e. The fourth-order valence-corrected chi connectivity index (χ4v) is 3.02. The lowest BCUT2D eigenvalue weighted by atomic mass is 10.1. The number of benzene rings is 1. The highest BCUT2D eigenvalue weighted by Gasteiger charge is 2.25. The van der Waals surface area contributed by atoms with Crippen LogP contribution in [0.15, 0.2) is 47.4 Å². The SMILES string of the molecule is CC(C)n1c(-c2cnon2)nc2c(-c3ccccc3)ncc(C(=O)O)c21. The highest BCUT2D eigenvalue weighted by molar-refractivity contribution is 6.05. The highest BCUT2D eigenvalue weighted by atomic mass is 16.6. The third kappa shape index (κ3) is 2.43. The summed E-state index contributed by atoms with van der Waals surface area (Å²) in [4.78, 5) is 20.9. The molecule has 130 valence electrons. The molecule has 1 aromatic carbocycles. The molecule has 0 atom stereocenters. The Kier molecular flexibility index (Phi) is 3.72. The van der Waals surface area contributed by atoms with E-state index in [4.69, 9.17) is 4.63 Å². The van der Waals surface area contributed by atoms with Crippen molar-refractivity contribution in [3.8, 4) is 22.8 Å². The van der Waals surface area contributed by atoms with E-state index >= 15 is 0 Å². The first-order valence-corrected chi connectivity index (χ1v) is 8.05. The molecule has 0 saturated heterocycles. The first-order valence-electron chi connectivity index (χ1n) is 8.05. The zero-order valence-corrected chi connectivity index (χ0v) is 14.1. The van der Waals surface area contributed by atoms with E-state index in [9.17, 15) is 9.90 Å². The molecule has 1 N–H and O–H groups in total. The zero-order chi connectivity index (χ0) is 18.3. The molecule has 8 nitrogen and oxygen atoms in total. The second kappa shape index (κ2) is 6.07. The summed E-state index contributed by atoms with van der Waals surface area (Å²) in [7, 11) is 0. The van der Waals surface area contributed by atoms with Crippen molar-refractivity contribution in [1.82, 2.24) is 24.8 Å². The van der Waals surface area contributed by atoms with Crippen LogP contribution in [0.4, 0.5) is 0 Å². The maximum absolute atomic E-state index is 11.8. The number of carboxylic acids is 1. The molecule has 0 bridgehead atoms. The van der Waals surface area contributed by atoms with Gasteiger partial charge in [0.15, 0.2) is 11.5 Å². The number of aromatic nitrogens is 5. The predicted octanol–water partition coefficient (Wildman–Crippen LogP) is 3.43. The Morgan fingerprint density at radius 3 is 2.58 bits per heavy atom. The van der Waals surface area contributed by atoms with Gasteiger partial charge in [0.1, 0.15) is 17.3 Å². The normalized spacial score (nSPS) is 11.3. The molecular formula is C18H15N5O3. The predicted molar refractivity (Wildman–Crippen MR) is 93.6 cm³/mol. The minimum absolute atomic E-state index is 0.0594. The molecule has 0 aliphatic carbocycles. The number of imidazole rings is 1. The van der Waals surface area contributed by atoms with Crippen LogP contribution in [-0.4, -0.2) is 35.9 Å². The van der Waals surface area contributed by atoms with Crippen molar-refractivity contribution >= 4 is 17.0 Å². The number of rotatable bonds is 4. The molecule has 0 aliphatic heterocycles. The van der Waals surface area contributed by atoms with Gasteiger partial charge in [0, 0.05) is 17.8 Å². The van der Waals surface area contributed by atoms with Crippen LogP contribution in [0.2, 0.25) is 0 Å². The number of hydrogen-bond acceptors (Lipinski definition) is 6. The quantitative estimate of drug-likeness (QED) is 0.601. The Morgan fingerprint density at radius 1 is 1.19 bits per heavy atom. The topological polar surface area (TPSA) is 107 Å². The van der Waals surface area contributed by atoms with Gasteiger partial charge in [-0.1, -0.05) is 35.5 Å². The van der Waals surface area contributed by atoms with E-state index in [1.54, 1.807) is 0 Å². The van der Waals surface area contributed by atoms with E-state index in [0.29, 0.717) is 28.2 Å². The Balaban J connectivity index is 2.14. The summed E-state index contributed by atoms with van der Waals surface area (Å²) in [6.45, 7) is 3.90. The van der Waals surface area contributed by atoms with Crippen molar-refractivity contribution in [2.24, 2.45) is 0 Å². The zero-order valence-electron chi connectivity index (χ0n) is 14.1. The van der Waals surface area contributed by atoms with Crippen LogP contribution in [0.25, 0.3) is 33.8 Å². The number of pyridine rings is 1. The lowest BCUT2D eigenvalue weighted by Crippen LogP contribution is -2.08. The van der Waals surface area contributed by atoms with Crippen LogP contribution in [0.1, 0.15) is 30.2 Å². The first-order chi connectivity index (χ1) is 12.6. The van der Waals surface area contributed by atoms with Crippen molar-refractivity contribution in [2.75, 3.05) is 0 Å². The standard InChI is InChI=1S/C18H15N5O3/c1-10(2)23-16-12(18(24)25)8-19-14(11-6-4-3-5-7-11)15(16)21-17(23)13-9-20-26-22-13/h3-10H,1-2H3,(H,24,25). The van der Waals surface area contributed by atoms with Crippen LogP contribution in [0, 0.1) is 0 Å². The van der Waals surface area contributed by atoms with E-state index in [1.165, 1.54) is 12.4 Å². The third-order valence-electron chi connectivity index (χ3n) is 4.10. The Labute approximate surface area is 148 Å². The lowest BCUT2D eigenvalue weighted by Gasteiger charge is -2.13. The molecule has 0 amide bonds. The van der Waals surface area contributed by atoms with Gasteiger partial charge in [-0.05, 0) is 19.0 Å². The number of nitrogens with zero attached hydrogens (tertiary/aromatic N) is 5. The molecule has 0 spiro atoms. The maximum atomic E-state index is 11.8. The van der Waals surface area contributed by atoms with Gasteiger partial charge in [-0.25, -0.2) is 14.4 Å². The monoisotopic (exact) mass is 349 g/mol. The van der Waals surface area contributed by atoms with Crippen LogP contribution >= 0.6 is 0 Å². The molecule has 0 unspecified atom stereocenters. The number of fused-ring (bicyclic) bond motifs is 1. The number of carboxylic acid groups (broad SMARTS) is 1. The molecule has 3 aromatic heterocycles. The van der Waals surface area contributed by atoms with Gasteiger partial charge in [0.25, 0.3) is 0 Å². The lowest BCUT2D eigenvalue weighted by molar-refractivity contribution is 0.0698. The van der Waals surface area contributed by atoms with E-state index < -0.39 is 5.97 Å². The van der Waals surface area contributed by atoms with Gasteiger partial charge in [-0.2, -0.15) is 0 Å². The van der Waals surface area contributed by atoms with Gasteiger partial charge in [-0.3, -0.25) is 4.98 Å². The molecule has 8 heteroatoms. The molecule has 0 saturated carbocycles. The van der Waals surface area contributed by atoms with E-state index in [2.05, 4.69) is 20.3 Å². The van der Waals surface area contributed by atoms with Crippen molar-refractivity contribution in [1.29, 1.82) is 0 Å². The Bertz CT molecular complexity index is 1090. The summed E-state index contributed by atoms with van der Waals surface area (Å²) in [5.74, 6) is -0.572. The minimum Gasteiger partial charge on any atom is -0.478 e. The molecule has 0 radical (unpaired) electrons. The van der Waals surface area contributed by atoms with Gasteiger partial charge >= 0.3 is 5.97 Å². The molecule has 0 aliphatic rings. The summed E-state index contributed by atoms with van der Waals surface area (Å²) in [6.07, 6.45) is 2.83. The smallest absolute Gasteiger partial charge is 0.339 e. The van der Waals surface area contributed by atoms with Gasteiger partial charge in [-0.15, -0.1) is 0 Å². The Hall–Kier alpha value is -3.55. The number of aromatic carboxylic acids is 1. The second-order valence-corrected chi connectivity index (χ2v) is 6.08. The first kappa shape index (κ1) is 15.9.